The van der Waals surface area contributed by atoms with E-state index in [1.54, 1.807) is 11.3 Å². The number of thiazole rings is 1. The zero-order valence-electron chi connectivity index (χ0n) is 10.7. The van der Waals surface area contributed by atoms with E-state index in [0.717, 1.165) is 31.6 Å². The van der Waals surface area contributed by atoms with Gasteiger partial charge in [0.25, 0.3) is 0 Å². The predicted molar refractivity (Wildman–Crippen MR) is 68.7 cm³/mol. The van der Waals surface area contributed by atoms with E-state index in [1.165, 1.54) is 4.88 Å². The molecule has 92 valence electrons. The van der Waals surface area contributed by atoms with Crippen LogP contribution in [0.1, 0.15) is 37.3 Å². The molecule has 1 heterocycles. The van der Waals surface area contributed by atoms with E-state index in [-0.39, 0.29) is 0 Å². The molecular weight excluding hydrogens is 220 g/mol. The molecule has 1 aromatic heterocycles. The van der Waals surface area contributed by atoms with Crippen LogP contribution in [-0.4, -0.2) is 34.2 Å². The lowest BCUT2D eigenvalue weighted by Gasteiger charge is -2.30. The molecule has 0 aliphatic heterocycles. The SMILES string of the molecule is CCC(O)(CC)CN(C)Cc1scnc1C. The Labute approximate surface area is 102 Å². The van der Waals surface area contributed by atoms with Crippen LogP contribution in [0, 0.1) is 6.92 Å². The summed E-state index contributed by atoms with van der Waals surface area (Å²) in [5.74, 6) is 0. The minimum Gasteiger partial charge on any atom is -0.389 e. The second kappa shape index (κ2) is 5.75. The summed E-state index contributed by atoms with van der Waals surface area (Å²) >= 11 is 1.68. The molecule has 0 aromatic carbocycles. The standard InChI is InChI=1S/C12H22N2OS/c1-5-12(15,6-2)8-14(4)7-11-10(3)13-9-16-11/h9,15H,5-8H2,1-4H3. The molecule has 0 amide bonds. The maximum absolute atomic E-state index is 10.2. The van der Waals surface area contributed by atoms with Crippen LogP contribution in [0.3, 0.4) is 0 Å². The van der Waals surface area contributed by atoms with Crippen LogP contribution in [0.15, 0.2) is 5.51 Å². The highest BCUT2D eigenvalue weighted by atomic mass is 32.1. The molecule has 0 spiro atoms. The summed E-state index contributed by atoms with van der Waals surface area (Å²) in [6.07, 6.45) is 1.60. The quantitative estimate of drug-likeness (QED) is 0.832. The Kier molecular flexibility index (Phi) is 4.89. The van der Waals surface area contributed by atoms with Gasteiger partial charge in [-0.05, 0) is 26.8 Å². The molecule has 0 aliphatic rings. The number of aromatic nitrogens is 1. The van der Waals surface area contributed by atoms with Crippen molar-refractivity contribution in [2.24, 2.45) is 0 Å². The van der Waals surface area contributed by atoms with Crippen molar-refractivity contribution in [1.29, 1.82) is 0 Å². The molecule has 0 aliphatic carbocycles. The van der Waals surface area contributed by atoms with Gasteiger partial charge >= 0.3 is 0 Å². The molecule has 1 rings (SSSR count). The van der Waals surface area contributed by atoms with Gasteiger partial charge in [-0.25, -0.2) is 4.98 Å². The normalized spacial score (nSPS) is 12.4. The molecule has 0 atom stereocenters. The van der Waals surface area contributed by atoms with Gasteiger partial charge in [-0.3, -0.25) is 4.90 Å². The minimum atomic E-state index is -0.548. The van der Waals surface area contributed by atoms with Crippen molar-refractivity contribution >= 4 is 11.3 Å². The molecule has 1 N–H and O–H groups in total. The van der Waals surface area contributed by atoms with Gasteiger partial charge in [0.05, 0.1) is 16.8 Å². The van der Waals surface area contributed by atoms with E-state index >= 15 is 0 Å². The van der Waals surface area contributed by atoms with E-state index in [4.69, 9.17) is 0 Å². The third kappa shape index (κ3) is 3.54. The zero-order valence-corrected chi connectivity index (χ0v) is 11.5. The second-order valence-electron chi connectivity index (χ2n) is 4.46. The highest BCUT2D eigenvalue weighted by molar-refractivity contribution is 7.09. The lowest BCUT2D eigenvalue weighted by atomic mass is 9.97. The molecular formula is C12H22N2OS. The van der Waals surface area contributed by atoms with Crippen LogP contribution in [0.25, 0.3) is 0 Å². The lowest BCUT2D eigenvalue weighted by Crippen LogP contribution is -2.40. The Balaban J connectivity index is 2.53. The first kappa shape index (κ1) is 13.6. The van der Waals surface area contributed by atoms with Crippen LogP contribution < -0.4 is 0 Å². The fourth-order valence-electron chi connectivity index (χ4n) is 1.76. The summed E-state index contributed by atoms with van der Waals surface area (Å²) in [5.41, 5.74) is 2.44. The van der Waals surface area contributed by atoms with Crippen LogP contribution in [0.5, 0.6) is 0 Å². The second-order valence-corrected chi connectivity index (χ2v) is 5.40. The highest BCUT2D eigenvalue weighted by Gasteiger charge is 2.24. The van der Waals surface area contributed by atoms with E-state index in [0.29, 0.717) is 0 Å². The Bertz CT molecular complexity index is 321. The number of aryl methyl sites for hydroxylation is 1. The highest BCUT2D eigenvalue weighted by Crippen LogP contribution is 2.19. The first-order valence-electron chi connectivity index (χ1n) is 5.80. The van der Waals surface area contributed by atoms with Crippen LogP contribution in [0.2, 0.25) is 0 Å². The number of hydrogen-bond donors (Lipinski definition) is 1. The van der Waals surface area contributed by atoms with Gasteiger partial charge in [0.2, 0.25) is 0 Å². The van der Waals surface area contributed by atoms with Crippen molar-refractivity contribution in [3.8, 4) is 0 Å². The van der Waals surface area contributed by atoms with Crippen molar-refractivity contribution in [1.82, 2.24) is 9.88 Å². The van der Waals surface area contributed by atoms with Gasteiger partial charge in [0, 0.05) is 18.0 Å². The zero-order chi connectivity index (χ0) is 12.2. The van der Waals surface area contributed by atoms with Gasteiger partial charge in [-0.2, -0.15) is 0 Å². The summed E-state index contributed by atoms with van der Waals surface area (Å²) in [6, 6.07) is 0. The molecule has 0 fully saturated rings. The number of likely N-dealkylation sites (N-methyl/N-ethyl adjacent to an activating group) is 1. The average Bonchev–Trinajstić information content (AvgIpc) is 2.64. The molecule has 0 unspecified atom stereocenters. The molecule has 16 heavy (non-hydrogen) atoms. The topological polar surface area (TPSA) is 36.4 Å². The van der Waals surface area contributed by atoms with Gasteiger partial charge in [-0.1, -0.05) is 13.8 Å². The predicted octanol–water partition coefficient (Wildman–Crippen LogP) is 2.43. The first-order valence-corrected chi connectivity index (χ1v) is 6.68. The Morgan fingerprint density at radius 3 is 2.50 bits per heavy atom. The van der Waals surface area contributed by atoms with Crippen molar-refractivity contribution in [3.05, 3.63) is 16.1 Å². The van der Waals surface area contributed by atoms with Gasteiger partial charge < -0.3 is 5.11 Å². The van der Waals surface area contributed by atoms with Gasteiger partial charge in [-0.15, -0.1) is 11.3 Å². The van der Waals surface area contributed by atoms with E-state index in [2.05, 4.69) is 16.9 Å². The summed E-state index contributed by atoms with van der Waals surface area (Å²) in [6.45, 7) is 7.70. The van der Waals surface area contributed by atoms with Crippen molar-refractivity contribution < 1.29 is 5.11 Å². The average molecular weight is 242 g/mol. The Morgan fingerprint density at radius 1 is 1.44 bits per heavy atom. The molecule has 0 saturated carbocycles. The third-order valence-electron chi connectivity index (χ3n) is 3.14. The van der Waals surface area contributed by atoms with E-state index in [1.807, 2.05) is 26.3 Å². The number of hydrogen-bond acceptors (Lipinski definition) is 4. The van der Waals surface area contributed by atoms with Crippen molar-refractivity contribution in [2.45, 2.75) is 45.8 Å². The summed E-state index contributed by atoms with van der Waals surface area (Å²) in [7, 11) is 2.05. The van der Waals surface area contributed by atoms with Crippen molar-refractivity contribution in [2.75, 3.05) is 13.6 Å². The van der Waals surface area contributed by atoms with Crippen LogP contribution in [0.4, 0.5) is 0 Å². The Morgan fingerprint density at radius 2 is 2.06 bits per heavy atom. The third-order valence-corrected chi connectivity index (χ3v) is 4.06. The van der Waals surface area contributed by atoms with E-state index in [9.17, 15) is 5.11 Å². The molecule has 0 bridgehead atoms. The molecule has 4 heteroatoms. The number of nitrogens with zero attached hydrogens (tertiary/aromatic N) is 2. The summed E-state index contributed by atoms with van der Waals surface area (Å²) in [4.78, 5) is 7.70. The number of rotatable bonds is 6. The summed E-state index contributed by atoms with van der Waals surface area (Å²) < 4.78 is 0. The van der Waals surface area contributed by atoms with E-state index < -0.39 is 5.60 Å². The molecule has 1 aromatic rings. The minimum absolute atomic E-state index is 0.548. The fourth-order valence-corrected chi connectivity index (χ4v) is 2.61. The summed E-state index contributed by atoms with van der Waals surface area (Å²) in [5, 5.41) is 10.2. The molecule has 3 nitrogen and oxygen atoms in total. The van der Waals surface area contributed by atoms with Crippen LogP contribution >= 0.6 is 11.3 Å². The smallest absolute Gasteiger partial charge is 0.0798 e. The van der Waals surface area contributed by atoms with Crippen LogP contribution in [-0.2, 0) is 6.54 Å². The Hall–Kier alpha value is -0.450. The largest absolute Gasteiger partial charge is 0.389 e. The number of aliphatic hydroxyl groups is 1. The van der Waals surface area contributed by atoms with Gasteiger partial charge in [0.1, 0.15) is 0 Å². The van der Waals surface area contributed by atoms with Crippen molar-refractivity contribution in [3.63, 3.8) is 0 Å². The maximum Gasteiger partial charge on any atom is 0.0798 e. The lowest BCUT2D eigenvalue weighted by molar-refractivity contribution is 0.00146. The first-order chi connectivity index (χ1) is 7.50. The maximum atomic E-state index is 10.2. The fraction of sp³-hybridized carbons (Fsp3) is 0.750. The monoisotopic (exact) mass is 242 g/mol. The van der Waals surface area contributed by atoms with Gasteiger partial charge in [0.15, 0.2) is 0 Å². The molecule has 0 radical (unpaired) electrons. The molecule has 0 saturated heterocycles.